The van der Waals surface area contributed by atoms with Crippen molar-refractivity contribution in [3.63, 3.8) is 0 Å². The molecule has 0 saturated heterocycles. The van der Waals surface area contributed by atoms with Crippen molar-refractivity contribution in [2.75, 3.05) is 11.6 Å². The summed E-state index contributed by atoms with van der Waals surface area (Å²) in [5, 5.41) is 2.46. The zero-order valence-corrected chi connectivity index (χ0v) is 13.4. The number of amides is 1. The maximum Gasteiger partial charge on any atom is 0.413 e. The second-order valence-electron chi connectivity index (χ2n) is 5.40. The topological polar surface area (TPSA) is 107 Å². The first-order chi connectivity index (χ1) is 9.44. The Balaban J connectivity index is 2.80. The third-order valence-electron chi connectivity index (χ3n) is 1.93. The van der Waals surface area contributed by atoms with Gasteiger partial charge in [-0.05, 0) is 27.7 Å². The Morgan fingerprint density at radius 3 is 2.48 bits per heavy atom. The fourth-order valence-corrected chi connectivity index (χ4v) is 1.65. The van der Waals surface area contributed by atoms with E-state index in [2.05, 4.69) is 19.5 Å². The van der Waals surface area contributed by atoms with E-state index in [0.717, 1.165) is 6.26 Å². The van der Waals surface area contributed by atoms with Crippen LogP contribution in [0.15, 0.2) is 6.07 Å². The Bertz CT molecular complexity index is 622. The van der Waals surface area contributed by atoms with Crippen molar-refractivity contribution in [1.82, 2.24) is 9.97 Å². The lowest BCUT2D eigenvalue weighted by atomic mass is 10.2. The van der Waals surface area contributed by atoms with E-state index in [1.165, 1.54) is 6.07 Å². The fourth-order valence-electron chi connectivity index (χ4n) is 1.33. The van der Waals surface area contributed by atoms with Crippen LogP contribution in [-0.4, -0.2) is 36.3 Å². The Morgan fingerprint density at radius 1 is 1.33 bits per heavy atom. The van der Waals surface area contributed by atoms with Crippen LogP contribution in [0.1, 0.15) is 32.3 Å². The smallest absolute Gasteiger partial charge is 0.413 e. The van der Waals surface area contributed by atoms with Gasteiger partial charge in [-0.15, -0.1) is 0 Å². The molecule has 0 aliphatic heterocycles. The van der Waals surface area contributed by atoms with Crippen molar-refractivity contribution in [1.29, 1.82) is 0 Å². The summed E-state index contributed by atoms with van der Waals surface area (Å²) in [5.41, 5.74) is -0.0721. The van der Waals surface area contributed by atoms with Gasteiger partial charge in [0.05, 0.1) is 6.26 Å². The second-order valence-corrected chi connectivity index (χ2v) is 7.05. The number of nitrogens with zero attached hydrogens (tertiary/aromatic N) is 2. The summed E-state index contributed by atoms with van der Waals surface area (Å²) in [6.07, 6.45) is 0.276. The van der Waals surface area contributed by atoms with Gasteiger partial charge >= 0.3 is 6.09 Å². The summed E-state index contributed by atoms with van der Waals surface area (Å²) in [6, 6.07) is 1.54. The molecule has 0 aromatic carbocycles. The number of anilines is 1. The highest BCUT2D eigenvalue weighted by atomic mass is 32.2. The predicted molar refractivity (Wildman–Crippen MR) is 76.3 cm³/mol. The number of ether oxygens (including phenoxy) is 1. The van der Waals surface area contributed by atoms with E-state index >= 15 is 0 Å². The van der Waals surface area contributed by atoms with Gasteiger partial charge in [0.1, 0.15) is 18.0 Å². The molecular weight excluding hydrogens is 298 g/mol. The Labute approximate surface area is 124 Å². The fraction of sp³-hybridized carbons (Fsp3) is 0.583. The molecule has 1 heterocycles. The largest absolute Gasteiger partial charge is 0.444 e. The molecular formula is C12H19N3O5S. The lowest BCUT2D eigenvalue weighted by molar-refractivity contribution is 0.0635. The van der Waals surface area contributed by atoms with E-state index in [-0.39, 0.29) is 18.2 Å². The van der Waals surface area contributed by atoms with Gasteiger partial charge < -0.3 is 4.74 Å². The number of hydrogen-bond acceptors (Lipinski definition) is 7. The van der Waals surface area contributed by atoms with Gasteiger partial charge in [-0.1, -0.05) is 0 Å². The van der Waals surface area contributed by atoms with Crippen LogP contribution in [0.2, 0.25) is 0 Å². The summed E-state index contributed by atoms with van der Waals surface area (Å²) in [4.78, 5) is 19.7. The summed E-state index contributed by atoms with van der Waals surface area (Å²) >= 11 is 0. The number of rotatable bonds is 4. The van der Waals surface area contributed by atoms with Gasteiger partial charge in [0, 0.05) is 11.8 Å². The van der Waals surface area contributed by atoms with Gasteiger partial charge in [0.15, 0.2) is 5.82 Å². The molecule has 0 aliphatic rings. The van der Waals surface area contributed by atoms with Crippen molar-refractivity contribution < 1.29 is 22.1 Å². The molecule has 0 aliphatic carbocycles. The van der Waals surface area contributed by atoms with E-state index in [1.807, 2.05) is 0 Å². The number of carbonyl (C=O) groups is 1. The maximum atomic E-state index is 11.6. The van der Waals surface area contributed by atoms with Gasteiger partial charge in [-0.25, -0.2) is 14.8 Å². The lowest BCUT2D eigenvalue weighted by Crippen LogP contribution is -2.27. The van der Waals surface area contributed by atoms with Crippen LogP contribution in [0, 0.1) is 6.92 Å². The summed E-state index contributed by atoms with van der Waals surface area (Å²) < 4.78 is 31.6. The minimum atomic E-state index is -3.59. The van der Waals surface area contributed by atoms with Crippen molar-refractivity contribution in [2.45, 2.75) is 39.9 Å². The molecule has 1 rings (SSSR count). The minimum Gasteiger partial charge on any atom is -0.444 e. The molecule has 1 aromatic heterocycles. The van der Waals surface area contributed by atoms with Crippen molar-refractivity contribution in [2.24, 2.45) is 0 Å². The first-order valence-electron chi connectivity index (χ1n) is 6.13. The molecule has 1 aromatic rings. The van der Waals surface area contributed by atoms with Gasteiger partial charge in [0.25, 0.3) is 10.1 Å². The molecule has 0 bridgehead atoms. The Hall–Kier alpha value is -1.74. The van der Waals surface area contributed by atoms with Crippen LogP contribution in [0.3, 0.4) is 0 Å². The van der Waals surface area contributed by atoms with E-state index in [1.54, 1.807) is 27.7 Å². The van der Waals surface area contributed by atoms with Gasteiger partial charge in [-0.3, -0.25) is 9.50 Å². The van der Waals surface area contributed by atoms with E-state index < -0.39 is 21.8 Å². The molecule has 118 valence electrons. The summed E-state index contributed by atoms with van der Waals surface area (Å²) in [7, 11) is -3.59. The van der Waals surface area contributed by atoms with Gasteiger partial charge in [-0.2, -0.15) is 8.42 Å². The van der Waals surface area contributed by atoms with E-state index in [9.17, 15) is 13.2 Å². The highest BCUT2D eigenvalue weighted by Gasteiger charge is 2.17. The second kappa shape index (κ2) is 6.35. The maximum absolute atomic E-state index is 11.6. The first-order valence-corrected chi connectivity index (χ1v) is 7.95. The van der Waals surface area contributed by atoms with E-state index in [0.29, 0.717) is 5.69 Å². The number of carbonyl (C=O) groups excluding carboxylic acids is 1. The van der Waals surface area contributed by atoms with Crippen LogP contribution in [-0.2, 0) is 25.6 Å². The Kier molecular flexibility index (Phi) is 5.24. The molecule has 0 spiro atoms. The van der Waals surface area contributed by atoms with Crippen molar-refractivity contribution in [3.05, 3.63) is 17.6 Å². The first kappa shape index (κ1) is 17.3. The number of hydrogen-bond donors (Lipinski definition) is 1. The molecule has 1 amide bonds. The highest BCUT2D eigenvalue weighted by Crippen LogP contribution is 2.11. The number of nitrogens with one attached hydrogen (secondary N) is 1. The lowest BCUT2D eigenvalue weighted by Gasteiger charge is -2.19. The molecule has 21 heavy (non-hydrogen) atoms. The number of aryl methyl sites for hydroxylation is 1. The Morgan fingerprint density at radius 2 is 1.95 bits per heavy atom. The molecule has 0 unspecified atom stereocenters. The van der Waals surface area contributed by atoms with Crippen LogP contribution in [0.4, 0.5) is 10.6 Å². The molecule has 8 nitrogen and oxygen atoms in total. The third kappa shape index (κ3) is 7.57. The molecule has 0 fully saturated rings. The zero-order valence-electron chi connectivity index (χ0n) is 12.6. The summed E-state index contributed by atoms with van der Waals surface area (Å²) in [6.45, 7) is 6.60. The summed E-state index contributed by atoms with van der Waals surface area (Å²) in [5.74, 6) is 0.357. The van der Waals surface area contributed by atoms with Gasteiger partial charge in [0.2, 0.25) is 0 Å². The molecule has 0 atom stereocenters. The van der Waals surface area contributed by atoms with Crippen LogP contribution in [0.25, 0.3) is 0 Å². The zero-order chi connectivity index (χ0) is 16.3. The SMILES string of the molecule is Cc1cc(NC(=O)OC(C)(C)C)nc(COS(C)(=O)=O)n1. The van der Waals surface area contributed by atoms with Crippen LogP contribution in [0.5, 0.6) is 0 Å². The normalized spacial score (nSPS) is 12.0. The average Bonchev–Trinajstić information content (AvgIpc) is 2.21. The van der Waals surface area contributed by atoms with E-state index in [4.69, 9.17) is 4.74 Å². The molecule has 1 N–H and O–H groups in total. The molecule has 0 radical (unpaired) electrons. The molecule has 9 heteroatoms. The quantitative estimate of drug-likeness (QED) is 0.840. The van der Waals surface area contributed by atoms with Crippen molar-refractivity contribution in [3.8, 4) is 0 Å². The predicted octanol–water partition coefficient (Wildman–Crippen LogP) is 1.61. The average molecular weight is 317 g/mol. The third-order valence-corrected chi connectivity index (χ3v) is 2.48. The van der Waals surface area contributed by atoms with Crippen LogP contribution >= 0.6 is 0 Å². The highest BCUT2D eigenvalue weighted by molar-refractivity contribution is 7.85. The van der Waals surface area contributed by atoms with Crippen LogP contribution < -0.4 is 5.32 Å². The molecule has 0 saturated carbocycles. The van der Waals surface area contributed by atoms with Crippen molar-refractivity contribution >= 4 is 22.0 Å². The monoisotopic (exact) mass is 317 g/mol. The standard InChI is InChI=1S/C12H19N3O5S/c1-8-6-9(15-11(16)20-12(2,3)4)14-10(13-8)7-19-21(5,17)18/h6H,7H2,1-5H3,(H,13,14,15,16). The number of aromatic nitrogens is 2. The minimum absolute atomic E-state index is 0.145.